The summed E-state index contributed by atoms with van der Waals surface area (Å²) in [6.45, 7) is 3.82. The highest BCUT2D eigenvalue weighted by Crippen LogP contribution is 2.55. The number of carbonyl (C=O) groups excluding carboxylic acids is 1. The maximum atomic E-state index is 13.3. The number of esters is 1. The molecule has 1 aromatic carbocycles. The van der Waals surface area contributed by atoms with E-state index >= 15 is 0 Å². The predicted octanol–water partition coefficient (Wildman–Crippen LogP) is 2.23. The Balaban J connectivity index is 1.80. The number of hydrogen-bond acceptors (Lipinski definition) is 4. The molecule has 5 nitrogen and oxygen atoms in total. The number of nitrogens with zero attached hydrogens (tertiary/aromatic N) is 1. The zero-order valence-corrected chi connectivity index (χ0v) is 15.4. The molecule has 2 N–H and O–H groups in total. The van der Waals surface area contributed by atoms with Gasteiger partial charge in [0.05, 0.1) is 13.2 Å². The molecule has 3 fully saturated rings. The number of fused-ring (bicyclic) bond motifs is 4. The van der Waals surface area contributed by atoms with Crippen LogP contribution < -0.4 is 0 Å². The molecule has 1 saturated carbocycles. The lowest BCUT2D eigenvalue weighted by molar-refractivity contribution is -0.166. The first-order chi connectivity index (χ1) is 12.6. The molecule has 3 aliphatic heterocycles. The van der Waals surface area contributed by atoms with E-state index in [0.29, 0.717) is 5.92 Å². The van der Waals surface area contributed by atoms with E-state index < -0.39 is 11.5 Å². The van der Waals surface area contributed by atoms with Crippen molar-refractivity contribution >= 4 is 16.9 Å². The van der Waals surface area contributed by atoms with Gasteiger partial charge in [0.2, 0.25) is 0 Å². The number of piperidine rings is 2. The van der Waals surface area contributed by atoms with Gasteiger partial charge in [0, 0.05) is 41.6 Å². The molecule has 5 heteroatoms. The third-order valence-corrected chi connectivity index (χ3v) is 7.09. The molecule has 1 aliphatic carbocycles. The maximum absolute atomic E-state index is 13.3. The van der Waals surface area contributed by atoms with Gasteiger partial charge in [-0.25, -0.2) is 0 Å². The van der Waals surface area contributed by atoms with E-state index in [4.69, 9.17) is 4.74 Å². The molecule has 6 rings (SSSR count). The van der Waals surface area contributed by atoms with Crippen molar-refractivity contribution in [3.63, 3.8) is 0 Å². The summed E-state index contributed by atoms with van der Waals surface area (Å²) in [5.41, 5.74) is 2.67. The van der Waals surface area contributed by atoms with Crippen LogP contribution in [0.25, 0.3) is 10.9 Å². The molecule has 1 aromatic heterocycles. The molecule has 2 aromatic rings. The Morgan fingerprint density at radius 1 is 1.42 bits per heavy atom. The van der Waals surface area contributed by atoms with Gasteiger partial charge in [0.1, 0.15) is 5.41 Å². The summed E-state index contributed by atoms with van der Waals surface area (Å²) in [6.07, 6.45) is 2.30. The lowest BCUT2D eigenvalue weighted by Crippen LogP contribution is -2.68. The monoisotopic (exact) mass is 354 g/mol. The molecule has 0 spiro atoms. The van der Waals surface area contributed by atoms with Crippen LogP contribution in [0.5, 0.6) is 0 Å². The minimum absolute atomic E-state index is 0.00531. The maximum Gasteiger partial charge on any atom is 0.319 e. The van der Waals surface area contributed by atoms with Crippen molar-refractivity contribution in [3.05, 3.63) is 35.5 Å². The van der Waals surface area contributed by atoms with Crippen molar-refractivity contribution in [2.75, 3.05) is 20.2 Å². The summed E-state index contributed by atoms with van der Waals surface area (Å²) in [4.78, 5) is 19.4. The number of para-hydroxylation sites is 1. The largest absolute Gasteiger partial charge is 0.468 e. The second-order valence-corrected chi connectivity index (χ2v) is 8.39. The highest BCUT2D eigenvalue weighted by molar-refractivity contribution is 5.91. The van der Waals surface area contributed by atoms with E-state index in [1.165, 1.54) is 18.1 Å². The van der Waals surface area contributed by atoms with Crippen LogP contribution in [0.15, 0.2) is 24.3 Å². The van der Waals surface area contributed by atoms with Crippen LogP contribution in [0.4, 0.5) is 0 Å². The molecule has 138 valence electrons. The normalized spacial score (nSPS) is 36.4. The molecule has 4 heterocycles. The molecule has 26 heavy (non-hydrogen) atoms. The summed E-state index contributed by atoms with van der Waals surface area (Å²) in [5.74, 6) is 0.354. The number of aromatic nitrogens is 1. The van der Waals surface area contributed by atoms with Crippen LogP contribution in [0, 0.1) is 11.8 Å². The Hall–Kier alpha value is -1.85. The summed E-state index contributed by atoms with van der Waals surface area (Å²) in [5, 5.41) is 11.7. The molecule has 2 saturated heterocycles. The Kier molecular flexibility index (Phi) is 3.50. The first-order valence-corrected chi connectivity index (χ1v) is 9.67. The van der Waals surface area contributed by atoms with Crippen LogP contribution in [0.1, 0.15) is 31.0 Å². The number of hydrogen-bond donors (Lipinski definition) is 2. The second-order valence-electron chi connectivity index (χ2n) is 8.39. The SMILES string of the molecule is COC(=O)[C@@]12C[C@@H]3C[C@H]([C@@H](C)O)[C@@H]1N(CCc1c2[nH]c2ccccc12)C3. The van der Waals surface area contributed by atoms with Crippen molar-refractivity contribution < 1.29 is 14.6 Å². The first kappa shape index (κ1) is 16.3. The number of carbonyl (C=O) groups is 1. The fourth-order valence-electron chi connectivity index (χ4n) is 6.23. The number of nitrogens with one attached hydrogen (secondary N) is 1. The van der Waals surface area contributed by atoms with Gasteiger partial charge in [-0.05, 0) is 43.7 Å². The van der Waals surface area contributed by atoms with Crippen LogP contribution in [-0.2, 0) is 21.4 Å². The van der Waals surface area contributed by atoms with E-state index in [1.54, 1.807) is 0 Å². The molecule has 1 unspecified atom stereocenters. The smallest absolute Gasteiger partial charge is 0.319 e. The quantitative estimate of drug-likeness (QED) is 0.812. The van der Waals surface area contributed by atoms with Crippen LogP contribution in [-0.4, -0.2) is 53.3 Å². The fraction of sp³-hybridized carbons (Fsp3) is 0.571. The van der Waals surface area contributed by atoms with Crippen molar-refractivity contribution in [2.45, 2.75) is 43.7 Å². The van der Waals surface area contributed by atoms with Gasteiger partial charge < -0.3 is 14.8 Å². The molecular weight excluding hydrogens is 328 g/mol. The zero-order chi connectivity index (χ0) is 18.1. The fourth-order valence-corrected chi connectivity index (χ4v) is 6.23. The molecule has 0 amide bonds. The molecular formula is C21H26N2O3. The minimum Gasteiger partial charge on any atom is -0.468 e. The van der Waals surface area contributed by atoms with Crippen LogP contribution >= 0.6 is 0 Å². The highest BCUT2D eigenvalue weighted by atomic mass is 16.5. The number of H-pyrrole nitrogens is 1. The highest BCUT2D eigenvalue weighted by Gasteiger charge is 2.63. The number of aliphatic hydroxyl groups excluding tert-OH is 1. The van der Waals surface area contributed by atoms with E-state index in [9.17, 15) is 9.90 Å². The second kappa shape index (κ2) is 5.57. The minimum atomic E-state index is -0.706. The lowest BCUT2D eigenvalue weighted by Gasteiger charge is -2.58. The van der Waals surface area contributed by atoms with Gasteiger partial charge in [-0.2, -0.15) is 0 Å². The van der Waals surface area contributed by atoms with Crippen molar-refractivity contribution in [3.8, 4) is 0 Å². The Morgan fingerprint density at radius 2 is 2.23 bits per heavy atom. The Bertz CT molecular complexity index is 873. The van der Waals surface area contributed by atoms with Gasteiger partial charge in [-0.15, -0.1) is 0 Å². The standard InChI is InChI=1S/C21H26N2O3/c1-12(24)16-9-13-10-21(20(25)26-2)18-15(7-8-23(11-13)19(16)21)14-5-3-4-6-17(14)22-18/h3-6,12-13,16,19,22,24H,7-11H2,1-2H3/t12-,13+,16-,19+,21-/m1/s1. The van der Waals surface area contributed by atoms with Crippen LogP contribution in [0.2, 0.25) is 0 Å². The summed E-state index contributed by atoms with van der Waals surface area (Å²) < 4.78 is 5.39. The van der Waals surface area contributed by atoms with E-state index in [2.05, 4.69) is 28.1 Å². The third kappa shape index (κ3) is 1.96. The van der Waals surface area contributed by atoms with Gasteiger partial charge in [-0.1, -0.05) is 18.2 Å². The number of aromatic amines is 1. The predicted molar refractivity (Wildman–Crippen MR) is 99.0 cm³/mol. The Labute approximate surface area is 153 Å². The summed E-state index contributed by atoms with van der Waals surface area (Å²) >= 11 is 0. The van der Waals surface area contributed by atoms with Crippen molar-refractivity contribution in [2.24, 2.45) is 11.8 Å². The van der Waals surface area contributed by atoms with Gasteiger partial charge in [0.15, 0.2) is 0 Å². The molecule has 6 atom stereocenters. The average molecular weight is 354 g/mol. The van der Waals surface area contributed by atoms with E-state index in [-0.39, 0.29) is 17.9 Å². The molecule has 4 bridgehead atoms. The number of methoxy groups -OCH3 is 1. The van der Waals surface area contributed by atoms with Gasteiger partial charge in [0.25, 0.3) is 0 Å². The number of ether oxygens (including phenoxy) is 1. The summed E-state index contributed by atoms with van der Waals surface area (Å²) in [6, 6.07) is 8.31. The Morgan fingerprint density at radius 3 is 3.00 bits per heavy atom. The summed E-state index contributed by atoms with van der Waals surface area (Å²) in [7, 11) is 1.49. The molecule has 0 radical (unpaired) electrons. The number of benzene rings is 1. The van der Waals surface area contributed by atoms with E-state index in [1.807, 2.05) is 13.0 Å². The topological polar surface area (TPSA) is 65.6 Å². The van der Waals surface area contributed by atoms with Crippen LogP contribution in [0.3, 0.4) is 0 Å². The van der Waals surface area contributed by atoms with Gasteiger partial charge in [-0.3, -0.25) is 9.69 Å². The van der Waals surface area contributed by atoms with E-state index in [0.717, 1.165) is 43.6 Å². The lowest BCUT2D eigenvalue weighted by atomic mass is 9.56. The number of rotatable bonds is 2. The third-order valence-electron chi connectivity index (χ3n) is 7.09. The number of aliphatic hydroxyl groups is 1. The average Bonchev–Trinajstić information content (AvgIpc) is 3.00. The van der Waals surface area contributed by atoms with Crippen molar-refractivity contribution in [1.29, 1.82) is 0 Å². The molecule has 4 aliphatic rings. The van der Waals surface area contributed by atoms with Gasteiger partial charge >= 0.3 is 5.97 Å². The zero-order valence-electron chi connectivity index (χ0n) is 15.4. The van der Waals surface area contributed by atoms with Crippen molar-refractivity contribution in [1.82, 2.24) is 9.88 Å². The first-order valence-electron chi connectivity index (χ1n) is 9.67.